The quantitative estimate of drug-likeness (QED) is 0.862. The van der Waals surface area contributed by atoms with Gasteiger partial charge in [0.1, 0.15) is 0 Å². The van der Waals surface area contributed by atoms with Crippen LogP contribution in [-0.2, 0) is 0 Å². The van der Waals surface area contributed by atoms with E-state index in [0.29, 0.717) is 6.04 Å². The van der Waals surface area contributed by atoms with E-state index in [0.717, 1.165) is 17.6 Å². The lowest BCUT2D eigenvalue weighted by Gasteiger charge is -2.25. The van der Waals surface area contributed by atoms with E-state index in [-0.39, 0.29) is 0 Å². The lowest BCUT2D eigenvalue weighted by molar-refractivity contribution is 0.480. The summed E-state index contributed by atoms with van der Waals surface area (Å²) in [5.41, 5.74) is 2.56. The van der Waals surface area contributed by atoms with Crippen LogP contribution in [0.1, 0.15) is 18.4 Å². The molecule has 0 radical (unpaired) electrons. The molecule has 1 aromatic carbocycles. The van der Waals surface area contributed by atoms with Gasteiger partial charge in [-0.15, -0.1) is 0 Å². The third-order valence-electron chi connectivity index (χ3n) is 2.84. The maximum absolute atomic E-state index is 3.59. The van der Waals surface area contributed by atoms with Gasteiger partial charge in [0.25, 0.3) is 0 Å². The number of hydrogen-bond donors (Lipinski definition) is 2. The molecule has 0 spiro atoms. The third kappa shape index (κ3) is 2.95. The normalized spacial score (nSPS) is 21.3. The zero-order chi connectivity index (χ0) is 10.7. The van der Waals surface area contributed by atoms with Crippen LogP contribution in [0.4, 0.5) is 5.69 Å². The van der Waals surface area contributed by atoms with E-state index >= 15 is 0 Å². The molecule has 2 rings (SSSR count). The number of hydrogen-bond acceptors (Lipinski definition) is 2. The summed E-state index contributed by atoms with van der Waals surface area (Å²) < 4.78 is 1.15. The summed E-state index contributed by atoms with van der Waals surface area (Å²) in [4.78, 5) is 0. The average molecular weight is 269 g/mol. The number of piperidine rings is 1. The Morgan fingerprint density at radius 3 is 3.00 bits per heavy atom. The molecule has 3 heteroatoms. The van der Waals surface area contributed by atoms with Gasteiger partial charge in [-0.05, 0) is 50.1 Å². The first-order valence-electron chi connectivity index (χ1n) is 5.49. The molecule has 1 unspecified atom stereocenters. The van der Waals surface area contributed by atoms with Crippen LogP contribution in [-0.4, -0.2) is 19.1 Å². The first-order valence-corrected chi connectivity index (χ1v) is 6.28. The fraction of sp³-hybridized carbons (Fsp3) is 0.500. The summed E-state index contributed by atoms with van der Waals surface area (Å²) in [7, 11) is 0. The van der Waals surface area contributed by atoms with Gasteiger partial charge in [0.15, 0.2) is 0 Å². The van der Waals surface area contributed by atoms with Gasteiger partial charge in [-0.3, -0.25) is 0 Å². The van der Waals surface area contributed by atoms with Crippen molar-refractivity contribution in [2.75, 3.05) is 18.4 Å². The predicted octanol–water partition coefficient (Wildman–Crippen LogP) is 2.92. The van der Waals surface area contributed by atoms with E-state index in [2.05, 4.69) is 51.7 Å². The monoisotopic (exact) mass is 268 g/mol. The van der Waals surface area contributed by atoms with Crippen LogP contribution in [0, 0.1) is 6.92 Å². The summed E-state index contributed by atoms with van der Waals surface area (Å²) in [6, 6.07) is 6.97. The molecule has 1 aliphatic rings. The van der Waals surface area contributed by atoms with Crippen molar-refractivity contribution in [3.63, 3.8) is 0 Å². The molecule has 2 N–H and O–H groups in total. The molecule has 0 amide bonds. The molecule has 0 saturated carbocycles. The van der Waals surface area contributed by atoms with Crippen LogP contribution >= 0.6 is 15.9 Å². The fourth-order valence-electron chi connectivity index (χ4n) is 1.98. The number of benzene rings is 1. The van der Waals surface area contributed by atoms with Gasteiger partial charge in [-0.2, -0.15) is 0 Å². The topological polar surface area (TPSA) is 24.1 Å². The minimum atomic E-state index is 0.582. The lowest BCUT2D eigenvalue weighted by atomic mass is 10.1. The fourth-order valence-corrected chi connectivity index (χ4v) is 2.46. The van der Waals surface area contributed by atoms with E-state index in [9.17, 15) is 0 Å². The molecule has 0 aromatic heterocycles. The lowest BCUT2D eigenvalue weighted by Crippen LogP contribution is -2.38. The molecule has 1 fully saturated rings. The van der Waals surface area contributed by atoms with Crippen molar-refractivity contribution < 1.29 is 0 Å². The Hall–Kier alpha value is -0.540. The van der Waals surface area contributed by atoms with Gasteiger partial charge >= 0.3 is 0 Å². The van der Waals surface area contributed by atoms with Crippen LogP contribution in [0.5, 0.6) is 0 Å². The van der Waals surface area contributed by atoms with Crippen molar-refractivity contribution in [2.24, 2.45) is 0 Å². The van der Waals surface area contributed by atoms with Crippen LogP contribution in [0.2, 0.25) is 0 Å². The average Bonchev–Trinajstić information content (AvgIpc) is 2.24. The second-order valence-corrected chi connectivity index (χ2v) is 5.06. The molecule has 1 heterocycles. The predicted molar refractivity (Wildman–Crippen MR) is 68.4 cm³/mol. The van der Waals surface area contributed by atoms with Crippen molar-refractivity contribution in [3.8, 4) is 0 Å². The van der Waals surface area contributed by atoms with Crippen molar-refractivity contribution in [2.45, 2.75) is 25.8 Å². The first-order chi connectivity index (χ1) is 7.25. The highest BCUT2D eigenvalue weighted by Crippen LogP contribution is 2.21. The highest BCUT2D eigenvalue weighted by molar-refractivity contribution is 9.10. The minimum Gasteiger partial charge on any atom is -0.381 e. The molecule has 1 aliphatic heterocycles. The Morgan fingerprint density at radius 1 is 1.47 bits per heavy atom. The zero-order valence-corrected chi connectivity index (χ0v) is 10.6. The van der Waals surface area contributed by atoms with E-state index in [4.69, 9.17) is 0 Å². The number of aryl methyl sites for hydroxylation is 1. The highest BCUT2D eigenvalue weighted by Gasteiger charge is 2.12. The second kappa shape index (κ2) is 4.99. The Labute approximate surface area is 99.6 Å². The van der Waals surface area contributed by atoms with E-state index in [1.807, 2.05) is 0 Å². The molecule has 1 saturated heterocycles. The molecular weight excluding hydrogens is 252 g/mol. The SMILES string of the molecule is Cc1cc(Br)ccc1NC1CCCNC1. The Bertz CT molecular complexity index is 332. The van der Waals surface area contributed by atoms with Crippen LogP contribution in [0.25, 0.3) is 0 Å². The van der Waals surface area contributed by atoms with Gasteiger partial charge in [0.05, 0.1) is 0 Å². The molecule has 1 atom stereocenters. The molecule has 2 nitrogen and oxygen atoms in total. The summed E-state index contributed by atoms with van der Waals surface area (Å²) in [5.74, 6) is 0. The Morgan fingerprint density at radius 2 is 2.33 bits per heavy atom. The number of anilines is 1. The van der Waals surface area contributed by atoms with Crippen molar-refractivity contribution in [1.82, 2.24) is 5.32 Å². The summed E-state index contributed by atoms with van der Waals surface area (Å²) in [5, 5.41) is 7.01. The van der Waals surface area contributed by atoms with Gasteiger partial charge in [-0.1, -0.05) is 15.9 Å². The zero-order valence-electron chi connectivity index (χ0n) is 9.02. The maximum atomic E-state index is 3.59. The van der Waals surface area contributed by atoms with Crippen LogP contribution < -0.4 is 10.6 Å². The highest BCUT2D eigenvalue weighted by atomic mass is 79.9. The number of nitrogens with one attached hydrogen (secondary N) is 2. The van der Waals surface area contributed by atoms with E-state index in [1.54, 1.807) is 0 Å². The van der Waals surface area contributed by atoms with Gasteiger partial charge in [-0.25, -0.2) is 0 Å². The van der Waals surface area contributed by atoms with E-state index < -0.39 is 0 Å². The molecule has 82 valence electrons. The molecule has 0 bridgehead atoms. The van der Waals surface area contributed by atoms with Crippen LogP contribution in [0.3, 0.4) is 0 Å². The Balaban J connectivity index is 2.03. The molecule has 15 heavy (non-hydrogen) atoms. The molecular formula is C12H17BrN2. The smallest absolute Gasteiger partial charge is 0.0386 e. The van der Waals surface area contributed by atoms with Crippen molar-refractivity contribution >= 4 is 21.6 Å². The van der Waals surface area contributed by atoms with Gasteiger partial charge in [0, 0.05) is 22.7 Å². The minimum absolute atomic E-state index is 0.582. The van der Waals surface area contributed by atoms with Crippen molar-refractivity contribution in [1.29, 1.82) is 0 Å². The van der Waals surface area contributed by atoms with Gasteiger partial charge < -0.3 is 10.6 Å². The van der Waals surface area contributed by atoms with Gasteiger partial charge in [0.2, 0.25) is 0 Å². The standard InChI is InChI=1S/C12H17BrN2/c1-9-7-10(13)4-5-12(9)15-11-3-2-6-14-8-11/h4-5,7,11,14-15H,2-3,6,8H2,1H3. The van der Waals surface area contributed by atoms with Crippen molar-refractivity contribution in [3.05, 3.63) is 28.2 Å². The molecule has 1 aromatic rings. The Kier molecular flexibility index (Phi) is 3.65. The summed E-state index contributed by atoms with van der Waals surface area (Å²) in [6.45, 7) is 4.39. The first kappa shape index (κ1) is 11.0. The molecule has 0 aliphatic carbocycles. The van der Waals surface area contributed by atoms with Crippen LogP contribution in [0.15, 0.2) is 22.7 Å². The van der Waals surface area contributed by atoms with E-state index in [1.165, 1.54) is 24.1 Å². The third-order valence-corrected chi connectivity index (χ3v) is 3.34. The number of rotatable bonds is 2. The summed E-state index contributed by atoms with van der Waals surface area (Å²) >= 11 is 3.48. The second-order valence-electron chi connectivity index (χ2n) is 4.15. The number of halogens is 1. The largest absolute Gasteiger partial charge is 0.381 e. The maximum Gasteiger partial charge on any atom is 0.0386 e. The summed E-state index contributed by atoms with van der Waals surface area (Å²) in [6.07, 6.45) is 2.54.